The molecule has 2 aromatic carbocycles. The number of amides is 1. The molecule has 0 aliphatic carbocycles. The molecule has 7 heteroatoms. The van der Waals surface area contributed by atoms with Crippen molar-refractivity contribution in [1.82, 2.24) is 9.88 Å². The molecular weight excluding hydrogens is 397 g/mol. The van der Waals surface area contributed by atoms with E-state index in [0.29, 0.717) is 30.0 Å². The average molecular weight is 421 g/mol. The van der Waals surface area contributed by atoms with E-state index in [1.54, 1.807) is 11.0 Å². The van der Waals surface area contributed by atoms with Crippen molar-refractivity contribution in [3.63, 3.8) is 0 Å². The van der Waals surface area contributed by atoms with Gasteiger partial charge in [-0.2, -0.15) is 0 Å². The van der Waals surface area contributed by atoms with Gasteiger partial charge in [0, 0.05) is 13.0 Å². The molecule has 4 nitrogen and oxygen atoms in total. The maximum absolute atomic E-state index is 14.0. The summed E-state index contributed by atoms with van der Waals surface area (Å²) in [5.74, 6) is -0.322. The summed E-state index contributed by atoms with van der Waals surface area (Å²) in [6, 6.07) is 14.9. The number of benzene rings is 2. The van der Waals surface area contributed by atoms with E-state index in [1.165, 1.54) is 17.4 Å². The molecule has 1 aromatic heterocycles. The minimum Gasteiger partial charge on any atom is -1.00 e. The first-order chi connectivity index (χ1) is 13.0. The van der Waals surface area contributed by atoms with Gasteiger partial charge < -0.3 is 17.3 Å². The van der Waals surface area contributed by atoms with E-state index >= 15 is 0 Å². The summed E-state index contributed by atoms with van der Waals surface area (Å²) in [5, 5.41) is 0.576. The predicted octanol–water partition coefficient (Wildman–Crippen LogP) is 1.36. The van der Waals surface area contributed by atoms with Crippen molar-refractivity contribution in [2.45, 2.75) is 19.3 Å². The number of fused-ring (bicyclic) bond motifs is 1. The van der Waals surface area contributed by atoms with Crippen LogP contribution < -0.4 is 17.3 Å². The van der Waals surface area contributed by atoms with Gasteiger partial charge in [0.2, 0.25) is 5.91 Å². The summed E-state index contributed by atoms with van der Waals surface area (Å²) < 4.78 is 14.8. The van der Waals surface area contributed by atoms with E-state index in [-0.39, 0.29) is 24.1 Å². The van der Waals surface area contributed by atoms with Crippen LogP contribution in [0.5, 0.6) is 0 Å². The van der Waals surface area contributed by atoms with E-state index in [2.05, 4.69) is 9.88 Å². The molecule has 0 bridgehead atoms. The van der Waals surface area contributed by atoms with E-state index in [1.807, 2.05) is 50.5 Å². The van der Waals surface area contributed by atoms with Crippen molar-refractivity contribution in [3.8, 4) is 0 Å². The number of halogens is 2. The number of anilines is 1. The van der Waals surface area contributed by atoms with E-state index < -0.39 is 0 Å². The lowest BCUT2D eigenvalue weighted by atomic mass is 10.1. The number of carbonyl (C=O) groups excluding carboxylic acids is 1. The van der Waals surface area contributed by atoms with Crippen molar-refractivity contribution < 1.29 is 21.6 Å². The molecule has 0 radical (unpaired) electrons. The van der Waals surface area contributed by atoms with Crippen molar-refractivity contribution >= 4 is 32.6 Å². The lowest BCUT2D eigenvalue weighted by Crippen LogP contribution is -3.00. The fraction of sp³-hybridized carbons (Fsp3) is 0.333. The standard InChI is InChI=1S/C21H24FN3OS.ClH/c1-24(2)14-7-15-25(19(26)13-12-16-8-4-3-5-9-16)21-23-20-17(22)10-6-11-18(20)27-21;/h3-6,8-11H,7,12-15H2,1-2H3;1H/p-1. The van der Waals surface area contributed by atoms with Gasteiger partial charge in [0.25, 0.3) is 0 Å². The Morgan fingerprint density at radius 1 is 1.07 bits per heavy atom. The Labute approximate surface area is 175 Å². The highest BCUT2D eigenvalue weighted by atomic mass is 35.5. The number of hydrogen-bond acceptors (Lipinski definition) is 4. The molecule has 1 amide bonds. The Hall–Kier alpha value is -2.02. The molecule has 3 rings (SSSR count). The van der Waals surface area contributed by atoms with Crippen LogP contribution in [0.1, 0.15) is 18.4 Å². The van der Waals surface area contributed by atoms with Crippen LogP contribution in [0.3, 0.4) is 0 Å². The minimum absolute atomic E-state index is 0. The molecule has 3 aromatic rings. The second kappa shape index (κ2) is 10.5. The number of thiazole rings is 1. The highest BCUT2D eigenvalue weighted by Gasteiger charge is 2.20. The molecule has 1 heterocycles. The van der Waals surface area contributed by atoms with Crippen molar-refractivity contribution in [2.75, 3.05) is 32.1 Å². The van der Waals surface area contributed by atoms with Crippen molar-refractivity contribution in [2.24, 2.45) is 0 Å². The molecule has 0 N–H and O–H groups in total. The Balaban J connectivity index is 0.00000280. The highest BCUT2D eigenvalue weighted by Crippen LogP contribution is 2.30. The van der Waals surface area contributed by atoms with Crippen LogP contribution >= 0.6 is 11.3 Å². The Bertz CT molecular complexity index is 901. The zero-order chi connectivity index (χ0) is 19.2. The van der Waals surface area contributed by atoms with Gasteiger partial charge in [-0.25, -0.2) is 9.37 Å². The summed E-state index contributed by atoms with van der Waals surface area (Å²) in [6.45, 7) is 1.45. The first kappa shape index (κ1) is 22.3. The second-order valence-corrected chi connectivity index (χ2v) is 7.78. The van der Waals surface area contributed by atoms with Gasteiger partial charge in [-0.1, -0.05) is 47.7 Å². The van der Waals surface area contributed by atoms with E-state index in [9.17, 15) is 9.18 Å². The molecule has 0 spiro atoms. The highest BCUT2D eigenvalue weighted by molar-refractivity contribution is 7.22. The van der Waals surface area contributed by atoms with Crippen molar-refractivity contribution in [1.29, 1.82) is 0 Å². The normalized spacial score (nSPS) is 10.9. The third-order valence-electron chi connectivity index (χ3n) is 4.35. The van der Waals surface area contributed by atoms with Crippen LogP contribution in [0.4, 0.5) is 9.52 Å². The lowest BCUT2D eigenvalue weighted by Gasteiger charge is -2.21. The average Bonchev–Trinajstić information content (AvgIpc) is 3.09. The Kier molecular flexibility index (Phi) is 8.35. The van der Waals surface area contributed by atoms with Gasteiger partial charge in [0.1, 0.15) is 11.3 Å². The molecule has 0 saturated heterocycles. The van der Waals surface area contributed by atoms with Crippen LogP contribution in [0.15, 0.2) is 48.5 Å². The van der Waals surface area contributed by atoms with Gasteiger partial charge in [0.05, 0.1) is 4.70 Å². The SMILES string of the molecule is CN(C)CCCN(C(=O)CCc1ccccc1)c1nc2c(F)cccc2s1.[Cl-]. The smallest absolute Gasteiger partial charge is 0.229 e. The number of aryl methyl sites for hydroxylation is 1. The molecule has 0 unspecified atom stereocenters. The molecule has 150 valence electrons. The summed E-state index contributed by atoms with van der Waals surface area (Å²) in [5.41, 5.74) is 1.47. The topological polar surface area (TPSA) is 36.4 Å². The van der Waals surface area contributed by atoms with Crippen LogP contribution in [0.2, 0.25) is 0 Å². The van der Waals surface area contributed by atoms with Crippen LogP contribution in [0, 0.1) is 5.82 Å². The maximum atomic E-state index is 14.0. The molecule has 0 fully saturated rings. The minimum atomic E-state index is -0.347. The van der Waals surface area contributed by atoms with Crippen molar-refractivity contribution in [3.05, 3.63) is 59.9 Å². The summed E-state index contributed by atoms with van der Waals surface area (Å²) >= 11 is 1.37. The molecule has 0 aliphatic heterocycles. The first-order valence-corrected chi connectivity index (χ1v) is 9.90. The second-order valence-electron chi connectivity index (χ2n) is 6.77. The molecular formula is C21H24ClFN3OS-. The van der Waals surface area contributed by atoms with Crippen LogP contribution in [0.25, 0.3) is 10.2 Å². The van der Waals surface area contributed by atoms with E-state index in [4.69, 9.17) is 0 Å². The van der Waals surface area contributed by atoms with Gasteiger partial charge in [0.15, 0.2) is 5.13 Å². The van der Waals surface area contributed by atoms with Crippen LogP contribution in [-0.2, 0) is 11.2 Å². The predicted molar refractivity (Wildman–Crippen MR) is 110 cm³/mol. The molecule has 0 atom stereocenters. The molecule has 0 aliphatic rings. The largest absolute Gasteiger partial charge is 1.00 e. The fourth-order valence-corrected chi connectivity index (χ4v) is 3.95. The van der Waals surface area contributed by atoms with Gasteiger partial charge in [-0.15, -0.1) is 0 Å². The third kappa shape index (κ3) is 5.74. The number of aromatic nitrogens is 1. The quantitative estimate of drug-likeness (QED) is 0.552. The van der Waals surface area contributed by atoms with Crippen LogP contribution in [-0.4, -0.2) is 43.0 Å². The first-order valence-electron chi connectivity index (χ1n) is 9.08. The third-order valence-corrected chi connectivity index (χ3v) is 5.39. The molecule has 28 heavy (non-hydrogen) atoms. The zero-order valence-electron chi connectivity index (χ0n) is 16.1. The monoisotopic (exact) mass is 420 g/mol. The summed E-state index contributed by atoms with van der Waals surface area (Å²) in [6.07, 6.45) is 1.93. The summed E-state index contributed by atoms with van der Waals surface area (Å²) in [4.78, 5) is 21.2. The van der Waals surface area contributed by atoms with Gasteiger partial charge in [-0.3, -0.25) is 9.69 Å². The lowest BCUT2D eigenvalue weighted by molar-refractivity contribution is -0.118. The zero-order valence-corrected chi connectivity index (χ0v) is 17.6. The Morgan fingerprint density at radius 3 is 2.50 bits per heavy atom. The number of nitrogens with zero attached hydrogens (tertiary/aromatic N) is 3. The molecule has 0 saturated carbocycles. The number of hydrogen-bond donors (Lipinski definition) is 0. The number of rotatable bonds is 8. The fourth-order valence-electron chi connectivity index (χ4n) is 2.92. The number of para-hydroxylation sites is 1. The van der Waals surface area contributed by atoms with Gasteiger partial charge >= 0.3 is 0 Å². The number of carbonyl (C=O) groups is 1. The van der Waals surface area contributed by atoms with E-state index in [0.717, 1.165) is 23.2 Å². The van der Waals surface area contributed by atoms with Gasteiger partial charge in [-0.05, 0) is 51.2 Å². The summed E-state index contributed by atoms with van der Waals surface area (Å²) in [7, 11) is 4.02. The maximum Gasteiger partial charge on any atom is 0.229 e. The Morgan fingerprint density at radius 2 is 1.82 bits per heavy atom.